The number of esters is 1. The molecule has 0 aliphatic rings. The van der Waals surface area contributed by atoms with Crippen molar-refractivity contribution in [3.8, 4) is 5.75 Å². The third-order valence-corrected chi connectivity index (χ3v) is 4.76. The van der Waals surface area contributed by atoms with Crippen LogP contribution in [0.5, 0.6) is 5.75 Å². The molecule has 0 aliphatic carbocycles. The second-order valence-corrected chi connectivity index (χ2v) is 8.94. The van der Waals surface area contributed by atoms with E-state index >= 15 is 0 Å². The molecule has 8 nitrogen and oxygen atoms in total. The zero-order valence-electron chi connectivity index (χ0n) is 20.7. The Kier molecular flexibility index (Phi) is 13.0. The molecule has 2 N–H and O–H groups in total. The lowest BCUT2D eigenvalue weighted by Crippen LogP contribution is -2.46. The van der Waals surface area contributed by atoms with E-state index in [2.05, 4.69) is 22.3 Å². The number of alkyl carbamates (subject to hydrolysis) is 1. The van der Waals surface area contributed by atoms with Crippen molar-refractivity contribution >= 4 is 23.7 Å². The fourth-order valence-electron chi connectivity index (χ4n) is 3.02. The average Bonchev–Trinajstić information content (AvgIpc) is 2.75. The summed E-state index contributed by atoms with van der Waals surface area (Å²) in [6.07, 6.45) is 6.53. The van der Waals surface area contributed by atoms with Crippen molar-refractivity contribution in [2.75, 3.05) is 19.0 Å². The van der Waals surface area contributed by atoms with E-state index in [-0.39, 0.29) is 12.8 Å². The standard InChI is InChI=1S/C25H40N2O6/c1-6-7-8-9-10-11-18-32-20-14-12-19(13-15-20)26-23(29)21(16-17-22(28)31-5)27-24(30)33-25(2,3)4/h12-15,21H,6-11,16-18H2,1-5H3,(H,26,29)(H,27,30)/t21-/m0/s1. The van der Waals surface area contributed by atoms with Crippen molar-refractivity contribution in [2.45, 2.75) is 90.7 Å². The molecule has 0 radical (unpaired) electrons. The van der Waals surface area contributed by atoms with Gasteiger partial charge in [-0.2, -0.15) is 0 Å². The highest BCUT2D eigenvalue weighted by atomic mass is 16.6. The monoisotopic (exact) mass is 464 g/mol. The molecule has 33 heavy (non-hydrogen) atoms. The number of rotatable bonds is 14. The molecule has 0 fully saturated rings. The number of methoxy groups -OCH3 is 1. The molecule has 0 unspecified atom stereocenters. The van der Waals surface area contributed by atoms with Crippen LogP contribution >= 0.6 is 0 Å². The molecule has 2 amide bonds. The van der Waals surface area contributed by atoms with Crippen molar-refractivity contribution in [3.63, 3.8) is 0 Å². The number of carbonyl (C=O) groups excluding carboxylic acids is 3. The molecule has 1 aromatic carbocycles. The molecular formula is C25H40N2O6. The Bertz CT molecular complexity index is 727. The Labute approximate surface area is 197 Å². The van der Waals surface area contributed by atoms with Gasteiger partial charge in [-0.15, -0.1) is 0 Å². The van der Waals surface area contributed by atoms with Gasteiger partial charge in [-0.05, 0) is 57.9 Å². The molecule has 186 valence electrons. The Morgan fingerprint density at radius 1 is 0.970 bits per heavy atom. The van der Waals surface area contributed by atoms with Gasteiger partial charge in [-0.25, -0.2) is 4.79 Å². The summed E-state index contributed by atoms with van der Waals surface area (Å²) in [4.78, 5) is 36.4. The molecule has 1 aromatic rings. The van der Waals surface area contributed by atoms with Gasteiger partial charge in [-0.1, -0.05) is 39.0 Å². The van der Waals surface area contributed by atoms with Gasteiger partial charge in [-0.3, -0.25) is 9.59 Å². The molecule has 1 rings (SSSR count). The first-order valence-electron chi connectivity index (χ1n) is 11.7. The smallest absolute Gasteiger partial charge is 0.408 e. The maximum atomic E-state index is 12.8. The minimum atomic E-state index is -0.956. The van der Waals surface area contributed by atoms with E-state index < -0.39 is 29.6 Å². The van der Waals surface area contributed by atoms with Gasteiger partial charge < -0.3 is 24.8 Å². The molecule has 0 saturated carbocycles. The molecule has 0 aromatic heterocycles. The summed E-state index contributed by atoms with van der Waals surface area (Å²) in [6, 6.07) is 6.09. The number of hydrogen-bond donors (Lipinski definition) is 2. The third kappa shape index (κ3) is 13.4. The van der Waals surface area contributed by atoms with E-state index in [1.165, 1.54) is 32.8 Å². The molecular weight excluding hydrogens is 424 g/mol. The SMILES string of the molecule is CCCCCCCCOc1ccc(NC(=O)[C@H](CCC(=O)OC)NC(=O)OC(C)(C)C)cc1. The predicted molar refractivity (Wildman–Crippen MR) is 128 cm³/mol. The van der Waals surface area contributed by atoms with Crippen molar-refractivity contribution < 1.29 is 28.6 Å². The maximum absolute atomic E-state index is 12.8. The van der Waals surface area contributed by atoms with Crippen LogP contribution in [-0.4, -0.2) is 43.3 Å². The van der Waals surface area contributed by atoms with Gasteiger partial charge in [0.15, 0.2) is 0 Å². The summed E-state index contributed by atoms with van der Waals surface area (Å²) in [7, 11) is 1.27. The van der Waals surface area contributed by atoms with Crippen LogP contribution in [-0.2, 0) is 19.1 Å². The third-order valence-electron chi connectivity index (χ3n) is 4.76. The number of unbranched alkanes of at least 4 members (excludes halogenated alkanes) is 5. The van der Waals surface area contributed by atoms with Crippen LogP contribution < -0.4 is 15.4 Å². The Morgan fingerprint density at radius 3 is 2.21 bits per heavy atom. The molecule has 0 spiro atoms. The van der Waals surface area contributed by atoms with Gasteiger partial charge in [0.1, 0.15) is 17.4 Å². The van der Waals surface area contributed by atoms with E-state index in [4.69, 9.17) is 9.47 Å². The highest BCUT2D eigenvalue weighted by Crippen LogP contribution is 2.17. The number of nitrogens with one attached hydrogen (secondary N) is 2. The molecule has 8 heteroatoms. The first-order valence-corrected chi connectivity index (χ1v) is 11.7. The van der Waals surface area contributed by atoms with Gasteiger partial charge in [0.2, 0.25) is 5.91 Å². The summed E-state index contributed by atoms with van der Waals surface area (Å²) in [5.74, 6) is -0.188. The highest BCUT2D eigenvalue weighted by molar-refractivity contribution is 5.96. The number of amides is 2. The van der Waals surface area contributed by atoms with E-state index in [1.807, 2.05) is 0 Å². The molecule has 0 aliphatic heterocycles. The van der Waals surface area contributed by atoms with Crippen LogP contribution in [0, 0.1) is 0 Å². The van der Waals surface area contributed by atoms with Crippen molar-refractivity contribution in [1.29, 1.82) is 0 Å². The number of ether oxygens (including phenoxy) is 3. The average molecular weight is 465 g/mol. The molecule has 0 heterocycles. The summed E-state index contributed by atoms with van der Waals surface area (Å²) in [6.45, 7) is 8.05. The second-order valence-electron chi connectivity index (χ2n) is 8.94. The lowest BCUT2D eigenvalue weighted by Gasteiger charge is -2.23. The maximum Gasteiger partial charge on any atom is 0.408 e. The number of anilines is 1. The number of benzene rings is 1. The molecule has 0 saturated heterocycles. The minimum Gasteiger partial charge on any atom is -0.494 e. The largest absolute Gasteiger partial charge is 0.494 e. The van der Waals surface area contributed by atoms with Crippen LogP contribution in [0.25, 0.3) is 0 Å². The number of hydrogen-bond acceptors (Lipinski definition) is 6. The fourth-order valence-corrected chi connectivity index (χ4v) is 3.02. The van der Waals surface area contributed by atoms with Crippen molar-refractivity contribution in [2.24, 2.45) is 0 Å². The Hall–Kier alpha value is -2.77. The van der Waals surface area contributed by atoms with E-state index in [0.717, 1.165) is 18.6 Å². The Morgan fingerprint density at radius 2 is 1.61 bits per heavy atom. The first-order chi connectivity index (χ1) is 15.6. The lowest BCUT2D eigenvalue weighted by atomic mass is 10.1. The molecule has 0 bridgehead atoms. The van der Waals surface area contributed by atoms with Gasteiger partial charge in [0.05, 0.1) is 13.7 Å². The van der Waals surface area contributed by atoms with Gasteiger partial charge in [0, 0.05) is 12.1 Å². The van der Waals surface area contributed by atoms with Crippen LogP contribution in [0.1, 0.15) is 79.1 Å². The normalized spacial score (nSPS) is 11.9. The van der Waals surface area contributed by atoms with Gasteiger partial charge in [0.25, 0.3) is 0 Å². The fraction of sp³-hybridized carbons (Fsp3) is 0.640. The highest BCUT2D eigenvalue weighted by Gasteiger charge is 2.25. The van der Waals surface area contributed by atoms with Crippen LogP contribution in [0.4, 0.5) is 10.5 Å². The van der Waals surface area contributed by atoms with Crippen LogP contribution in [0.15, 0.2) is 24.3 Å². The summed E-state index contributed by atoms with van der Waals surface area (Å²) in [5.41, 5.74) is -0.153. The van der Waals surface area contributed by atoms with Crippen LogP contribution in [0.3, 0.4) is 0 Å². The summed E-state index contributed by atoms with van der Waals surface area (Å²) < 4.78 is 15.6. The first kappa shape index (κ1) is 28.3. The van der Waals surface area contributed by atoms with Gasteiger partial charge >= 0.3 is 12.1 Å². The van der Waals surface area contributed by atoms with Crippen molar-refractivity contribution in [1.82, 2.24) is 5.32 Å². The quantitative estimate of drug-likeness (QED) is 0.289. The molecule has 1 atom stereocenters. The Balaban J connectivity index is 2.58. The zero-order chi connectivity index (χ0) is 24.7. The summed E-state index contributed by atoms with van der Waals surface area (Å²) >= 11 is 0. The van der Waals surface area contributed by atoms with E-state index in [9.17, 15) is 14.4 Å². The predicted octanol–water partition coefficient (Wildman–Crippen LogP) is 5.21. The van der Waals surface area contributed by atoms with E-state index in [1.54, 1.807) is 45.0 Å². The number of carbonyl (C=O) groups is 3. The zero-order valence-corrected chi connectivity index (χ0v) is 20.7. The lowest BCUT2D eigenvalue weighted by molar-refractivity contribution is -0.140. The minimum absolute atomic E-state index is 0.0182. The van der Waals surface area contributed by atoms with E-state index in [0.29, 0.717) is 12.3 Å². The topological polar surface area (TPSA) is 103 Å². The van der Waals surface area contributed by atoms with Crippen LogP contribution in [0.2, 0.25) is 0 Å². The summed E-state index contributed by atoms with van der Waals surface area (Å²) in [5, 5.41) is 5.29. The second kappa shape index (κ2) is 15.1. The van der Waals surface area contributed by atoms with Crippen molar-refractivity contribution in [3.05, 3.63) is 24.3 Å².